The molecule has 178 valence electrons. The normalized spacial score (nSPS) is 16.1. The summed E-state index contributed by atoms with van der Waals surface area (Å²) in [6.07, 6.45) is 5.47. The van der Waals surface area contributed by atoms with Crippen molar-refractivity contribution >= 4 is 47.0 Å². The fraction of sp³-hybridized carbons (Fsp3) is 0.565. The van der Waals surface area contributed by atoms with Gasteiger partial charge < -0.3 is 24.8 Å². The fourth-order valence-electron chi connectivity index (χ4n) is 3.17. The molecule has 1 fully saturated rings. The van der Waals surface area contributed by atoms with Crippen LogP contribution in [0.5, 0.6) is 5.75 Å². The van der Waals surface area contributed by atoms with E-state index < -0.39 is 0 Å². The summed E-state index contributed by atoms with van der Waals surface area (Å²) in [5, 5.41) is 7.83. The molecule has 1 aromatic carbocycles. The minimum atomic E-state index is 0. The van der Waals surface area contributed by atoms with E-state index in [0.717, 1.165) is 59.7 Å². The number of thiazole rings is 1. The number of aromatic nitrogens is 1. The van der Waals surface area contributed by atoms with Gasteiger partial charge in [0.2, 0.25) is 0 Å². The van der Waals surface area contributed by atoms with Gasteiger partial charge in [0.25, 0.3) is 0 Å². The first-order chi connectivity index (χ1) is 15.1. The van der Waals surface area contributed by atoms with Gasteiger partial charge in [-0.1, -0.05) is 0 Å². The van der Waals surface area contributed by atoms with E-state index in [4.69, 9.17) is 19.2 Å². The Morgan fingerprint density at radius 3 is 2.78 bits per heavy atom. The standard InChI is InChI=1S/C23H34N4O3S.HI/c1-17(2)30-20-9-7-19(8-10-20)27-23(26-15-22-14-25-18(3)31-22)24-11-5-12-28-16-21-6-4-13-29-21;/h7-10,14,17,21H,4-6,11-13,15-16H2,1-3H3,(H2,24,26,27);1H. The molecule has 32 heavy (non-hydrogen) atoms. The number of ether oxygens (including phenoxy) is 3. The summed E-state index contributed by atoms with van der Waals surface area (Å²) in [6.45, 7) is 9.67. The Morgan fingerprint density at radius 2 is 2.12 bits per heavy atom. The van der Waals surface area contributed by atoms with Gasteiger partial charge in [0.05, 0.1) is 30.4 Å². The zero-order chi connectivity index (χ0) is 21.9. The summed E-state index contributed by atoms with van der Waals surface area (Å²) in [5.41, 5.74) is 0.956. The van der Waals surface area contributed by atoms with Crippen LogP contribution in [0.1, 0.15) is 43.0 Å². The maximum atomic E-state index is 5.75. The summed E-state index contributed by atoms with van der Waals surface area (Å²) < 4.78 is 17.1. The van der Waals surface area contributed by atoms with Crippen LogP contribution in [-0.2, 0) is 16.0 Å². The molecule has 9 heteroatoms. The smallest absolute Gasteiger partial charge is 0.196 e. The molecule has 0 aliphatic carbocycles. The monoisotopic (exact) mass is 574 g/mol. The third kappa shape index (κ3) is 10.0. The van der Waals surface area contributed by atoms with Crippen molar-refractivity contribution in [2.75, 3.05) is 31.7 Å². The number of rotatable bonds is 11. The largest absolute Gasteiger partial charge is 0.491 e. The maximum Gasteiger partial charge on any atom is 0.196 e. The second kappa shape index (κ2) is 14.7. The molecule has 2 heterocycles. The number of aryl methyl sites for hydroxylation is 1. The zero-order valence-corrected chi connectivity index (χ0v) is 22.3. The van der Waals surface area contributed by atoms with Crippen LogP contribution in [0.3, 0.4) is 0 Å². The summed E-state index contributed by atoms with van der Waals surface area (Å²) in [5.74, 6) is 1.60. The first-order valence-corrected chi connectivity index (χ1v) is 11.8. The zero-order valence-electron chi connectivity index (χ0n) is 19.1. The topological polar surface area (TPSA) is 77.0 Å². The summed E-state index contributed by atoms with van der Waals surface area (Å²) in [6, 6.07) is 7.92. The Balaban J connectivity index is 0.00000363. The number of nitrogens with zero attached hydrogens (tertiary/aromatic N) is 2. The SMILES string of the molecule is Cc1ncc(CN=C(NCCCOCC2CCCO2)Nc2ccc(OC(C)C)cc2)s1.I. The van der Waals surface area contributed by atoms with Crippen LogP contribution in [0.2, 0.25) is 0 Å². The highest BCUT2D eigenvalue weighted by Gasteiger charge is 2.14. The van der Waals surface area contributed by atoms with Crippen molar-refractivity contribution in [1.29, 1.82) is 0 Å². The number of halogens is 1. The quantitative estimate of drug-likeness (QED) is 0.170. The first-order valence-electron chi connectivity index (χ1n) is 11.0. The highest BCUT2D eigenvalue weighted by molar-refractivity contribution is 14.0. The van der Waals surface area contributed by atoms with E-state index in [1.165, 1.54) is 0 Å². The lowest BCUT2D eigenvalue weighted by atomic mass is 10.2. The van der Waals surface area contributed by atoms with E-state index in [1.54, 1.807) is 11.3 Å². The second-order valence-corrected chi connectivity index (χ2v) is 9.14. The summed E-state index contributed by atoms with van der Waals surface area (Å²) >= 11 is 1.67. The van der Waals surface area contributed by atoms with Gasteiger partial charge in [0.1, 0.15) is 5.75 Å². The van der Waals surface area contributed by atoms with Crippen molar-refractivity contribution in [3.05, 3.63) is 40.3 Å². The summed E-state index contributed by atoms with van der Waals surface area (Å²) in [4.78, 5) is 10.2. The van der Waals surface area contributed by atoms with Gasteiger partial charge in [-0.05, 0) is 64.3 Å². The molecule has 1 aromatic heterocycles. The van der Waals surface area contributed by atoms with E-state index in [0.29, 0.717) is 19.8 Å². The minimum Gasteiger partial charge on any atom is -0.491 e. The highest BCUT2D eigenvalue weighted by Crippen LogP contribution is 2.17. The molecule has 1 aliphatic heterocycles. The van der Waals surface area contributed by atoms with Gasteiger partial charge in [-0.15, -0.1) is 35.3 Å². The number of aliphatic imine (C=N–C) groups is 1. The van der Waals surface area contributed by atoms with Gasteiger partial charge in [-0.2, -0.15) is 0 Å². The second-order valence-electron chi connectivity index (χ2n) is 7.82. The van der Waals surface area contributed by atoms with Crippen LogP contribution >= 0.6 is 35.3 Å². The van der Waals surface area contributed by atoms with Crippen molar-refractivity contribution in [2.45, 2.75) is 58.8 Å². The molecule has 1 saturated heterocycles. The molecule has 0 bridgehead atoms. The van der Waals surface area contributed by atoms with Crippen molar-refractivity contribution in [3.8, 4) is 5.75 Å². The maximum absolute atomic E-state index is 5.75. The van der Waals surface area contributed by atoms with Crippen LogP contribution in [0.4, 0.5) is 5.69 Å². The molecule has 1 unspecified atom stereocenters. The van der Waals surface area contributed by atoms with Crippen molar-refractivity contribution < 1.29 is 14.2 Å². The summed E-state index contributed by atoms with van der Waals surface area (Å²) in [7, 11) is 0. The van der Waals surface area contributed by atoms with E-state index in [9.17, 15) is 0 Å². The van der Waals surface area contributed by atoms with Crippen LogP contribution in [0, 0.1) is 6.92 Å². The van der Waals surface area contributed by atoms with E-state index in [1.807, 2.05) is 51.2 Å². The molecule has 2 N–H and O–H groups in total. The van der Waals surface area contributed by atoms with Gasteiger partial charge in [0, 0.05) is 36.5 Å². The molecule has 0 spiro atoms. The average molecular weight is 575 g/mol. The number of hydrogen-bond acceptors (Lipinski definition) is 6. The third-order valence-electron chi connectivity index (χ3n) is 4.64. The molecule has 0 radical (unpaired) electrons. The molecule has 0 amide bonds. The van der Waals surface area contributed by atoms with Crippen LogP contribution in [-0.4, -0.2) is 49.5 Å². The Bertz CT molecular complexity index is 808. The molecular weight excluding hydrogens is 539 g/mol. The van der Waals surface area contributed by atoms with Crippen LogP contribution in [0.15, 0.2) is 35.5 Å². The molecule has 7 nitrogen and oxygen atoms in total. The minimum absolute atomic E-state index is 0. The Labute approximate surface area is 212 Å². The predicted octanol–water partition coefficient (Wildman–Crippen LogP) is 5.00. The Hall–Kier alpha value is -1.43. The lowest BCUT2D eigenvalue weighted by Gasteiger charge is -2.14. The molecular formula is C23H35IN4O3S. The van der Waals surface area contributed by atoms with Crippen molar-refractivity contribution in [1.82, 2.24) is 10.3 Å². The van der Waals surface area contributed by atoms with Crippen molar-refractivity contribution in [2.24, 2.45) is 4.99 Å². The van der Waals surface area contributed by atoms with Crippen molar-refractivity contribution in [3.63, 3.8) is 0 Å². The average Bonchev–Trinajstić information content (AvgIpc) is 3.41. The fourth-order valence-corrected chi connectivity index (χ4v) is 3.89. The lowest BCUT2D eigenvalue weighted by molar-refractivity contribution is 0.0168. The molecule has 1 atom stereocenters. The highest BCUT2D eigenvalue weighted by atomic mass is 127. The molecule has 1 aliphatic rings. The Kier molecular flexibility index (Phi) is 12.3. The van der Waals surface area contributed by atoms with Gasteiger partial charge in [-0.3, -0.25) is 0 Å². The van der Waals surface area contributed by atoms with E-state index >= 15 is 0 Å². The number of hydrogen-bond donors (Lipinski definition) is 2. The predicted molar refractivity (Wildman–Crippen MR) is 142 cm³/mol. The first kappa shape index (κ1) is 26.8. The van der Waals surface area contributed by atoms with Gasteiger partial charge in [-0.25, -0.2) is 9.98 Å². The number of benzene rings is 1. The molecule has 2 aromatic rings. The molecule has 3 rings (SSSR count). The lowest BCUT2D eigenvalue weighted by Crippen LogP contribution is -2.32. The van der Waals surface area contributed by atoms with E-state index in [2.05, 4.69) is 15.6 Å². The number of nitrogens with one attached hydrogen (secondary N) is 2. The molecule has 0 saturated carbocycles. The van der Waals surface area contributed by atoms with Gasteiger partial charge >= 0.3 is 0 Å². The van der Waals surface area contributed by atoms with Crippen LogP contribution in [0.25, 0.3) is 0 Å². The third-order valence-corrected chi connectivity index (χ3v) is 5.53. The number of guanidine groups is 1. The van der Waals surface area contributed by atoms with Gasteiger partial charge in [0.15, 0.2) is 5.96 Å². The van der Waals surface area contributed by atoms with E-state index in [-0.39, 0.29) is 36.2 Å². The number of anilines is 1. The Morgan fingerprint density at radius 1 is 1.31 bits per heavy atom. The van der Waals surface area contributed by atoms with Crippen LogP contribution < -0.4 is 15.4 Å².